The van der Waals surface area contributed by atoms with Crippen LogP contribution in [-0.2, 0) is 6.54 Å². The van der Waals surface area contributed by atoms with Crippen LogP contribution < -0.4 is 10.5 Å². The number of aryl methyl sites for hydroxylation is 2. The molecule has 0 saturated carbocycles. The Balaban J connectivity index is 2.23. The van der Waals surface area contributed by atoms with Crippen molar-refractivity contribution in [2.45, 2.75) is 20.4 Å². The first kappa shape index (κ1) is 12.8. The molecule has 1 heterocycles. The lowest BCUT2D eigenvalue weighted by Crippen LogP contribution is -2.01. The van der Waals surface area contributed by atoms with Gasteiger partial charge in [-0.05, 0) is 43.2 Å². The molecule has 18 heavy (non-hydrogen) atoms. The monoisotopic (exact) mass is 263 g/mol. The van der Waals surface area contributed by atoms with E-state index in [1.807, 2.05) is 26.0 Å². The lowest BCUT2D eigenvalue weighted by molar-refractivity contribution is 0.453. The summed E-state index contributed by atoms with van der Waals surface area (Å²) in [6, 6.07) is 7.27. The van der Waals surface area contributed by atoms with Crippen LogP contribution in [0.15, 0.2) is 24.3 Å². The van der Waals surface area contributed by atoms with E-state index in [2.05, 4.69) is 10.2 Å². The summed E-state index contributed by atoms with van der Waals surface area (Å²) in [7, 11) is 0. The summed E-state index contributed by atoms with van der Waals surface area (Å²) in [4.78, 5) is 0. The lowest BCUT2D eigenvalue weighted by atomic mass is 10.1. The molecule has 0 amide bonds. The molecule has 0 radical (unpaired) electrons. The largest absolute Gasteiger partial charge is 0.438 e. The van der Waals surface area contributed by atoms with Crippen molar-refractivity contribution < 1.29 is 4.74 Å². The Labute approximate surface area is 111 Å². The highest BCUT2D eigenvalue weighted by Gasteiger charge is 2.05. The van der Waals surface area contributed by atoms with Gasteiger partial charge in [0.1, 0.15) is 5.75 Å². The molecule has 2 rings (SSSR count). The molecule has 94 valence electrons. The van der Waals surface area contributed by atoms with Crippen molar-refractivity contribution in [1.29, 1.82) is 0 Å². The minimum absolute atomic E-state index is 0.368. The fourth-order valence-corrected chi connectivity index (χ4v) is 1.71. The Morgan fingerprint density at radius 3 is 2.33 bits per heavy atom. The summed E-state index contributed by atoms with van der Waals surface area (Å²) >= 11 is 6.09. The summed E-state index contributed by atoms with van der Waals surface area (Å²) in [6.07, 6.45) is 0. The van der Waals surface area contributed by atoms with Crippen molar-refractivity contribution in [3.8, 4) is 11.6 Å². The van der Waals surface area contributed by atoms with Crippen LogP contribution in [0.4, 0.5) is 0 Å². The fraction of sp³-hybridized carbons (Fsp3) is 0.231. The first-order chi connectivity index (χ1) is 8.60. The molecule has 0 saturated heterocycles. The predicted octanol–water partition coefficient (Wildman–Crippen LogP) is 3.00. The van der Waals surface area contributed by atoms with Gasteiger partial charge in [-0.1, -0.05) is 11.6 Å². The highest BCUT2D eigenvalue weighted by atomic mass is 35.5. The van der Waals surface area contributed by atoms with Gasteiger partial charge in [-0.25, -0.2) is 0 Å². The average molecular weight is 264 g/mol. The van der Waals surface area contributed by atoms with Crippen molar-refractivity contribution >= 4 is 11.6 Å². The maximum absolute atomic E-state index is 6.09. The number of halogens is 1. The quantitative estimate of drug-likeness (QED) is 0.925. The molecule has 0 aliphatic carbocycles. The summed E-state index contributed by atoms with van der Waals surface area (Å²) in [6.45, 7) is 4.24. The van der Waals surface area contributed by atoms with Crippen molar-refractivity contribution in [2.24, 2.45) is 5.73 Å². The zero-order valence-electron chi connectivity index (χ0n) is 10.3. The Kier molecular flexibility index (Phi) is 3.79. The third kappa shape index (κ3) is 2.78. The van der Waals surface area contributed by atoms with E-state index >= 15 is 0 Å². The zero-order valence-corrected chi connectivity index (χ0v) is 11.0. The van der Waals surface area contributed by atoms with E-state index in [9.17, 15) is 0 Å². The van der Waals surface area contributed by atoms with Gasteiger partial charge < -0.3 is 10.5 Å². The van der Waals surface area contributed by atoms with Gasteiger partial charge in [0, 0.05) is 17.6 Å². The Morgan fingerprint density at radius 1 is 1.17 bits per heavy atom. The van der Waals surface area contributed by atoms with Crippen LogP contribution in [0.25, 0.3) is 0 Å². The Bertz CT molecular complexity index is 532. The molecule has 0 bridgehead atoms. The molecular weight excluding hydrogens is 250 g/mol. The molecule has 0 atom stereocenters. The molecule has 0 fully saturated rings. The third-order valence-corrected chi connectivity index (χ3v) is 3.13. The minimum Gasteiger partial charge on any atom is -0.438 e. The van der Waals surface area contributed by atoms with Gasteiger partial charge in [0.2, 0.25) is 5.88 Å². The van der Waals surface area contributed by atoms with E-state index in [0.29, 0.717) is 18.2 Å². The van der Waals surface area contributed by atoms with E-state index in [4.69, 9.17) is 22.1 Å². The normalized spacial score (nSPS) is 10.4. The van der Waals surface area contributed by atoms with E-state index in [1.54, 1.807) is 12.1 Å². The standard InChI is InChI=1S/C13H14ClN3O/c1-8-5-11(6-9(2)13(8)14)18-12-4-3-10(7-15)16-17-12/h3-6H,7,15H2,1-2H3. The molecule has 5 heteroatoms. The maximum atomic E-state index is 6.09. The van der Waals surface area contributed by atoms with Crippen LogP contribution in [0, 0.1) is 13.8 Å². The number of nitrogens with two attached hydrogens (primary N) is 1. The number of ether oxygens (including phenoxy) is 1. The molecule has 0 aliphatic rings. The Hall–Kier alpha value is -1.65. The number of rotatable bonds is 3. The predicted molar refractivity (Wildman–Crippen MR) is 70.9 cm³/mol. The smallest absolute Gasteiger partial charge is 0.238 e. The first-order valence-electron chi connectivity index (χ1n) is 5.57. The van der Waals surface area contributed by atoms with Crippen molar-refractivity contribution in [3.05, 3.63) is 46.1 Å². The van der Waals surface area contributed by atoms with Crippen molar-refractivity contribution in [2.75, 3.05) is 0 Å². The fourth-order valence-electron chi connectivity index (χ4n) is 1.60. The maximum Gasteiger partial charge on any atom is 0.238 e. The van der Waals surface area contributed by atoms with Crippen LogP contribution in [0.2, 0.25) is 5.02 Å². The van der Waals surface area contributed by atoms with Crippen molar-refractivity contribution in [3.63, 3.8) is 0 Å². The van der Waals surface area contributed by atoms with Gasteiger partial charge in [0.15, 0.2) is 0 Å². The van der Waals surface area contributed by atoms with Gasteiger partial charge in [-0.2, -0.15) is 5.10 Å². The number of aromatic nitrogens is 2. The topological polar surface area (TPSA) is 61.0 Å². The van der Waals surface area contributed by atoms with Crippen LogP contribution in [-0.4, -0.2) is 10.2 Å². The summed E-state index contributed by atoms with van der Waals surface area (Å²) in [5, 5.41) is 8.63. The van der Waals surface area contributed by atoms with Crippen LogP contribution >= 0.6 is 11.6 Å². The summed E-state index contributed by atoms with van der Waals surface area (Å²) < 4.78 is 5.62. The second kappa shape index (κ2) is 5.33. The Morgan fingerprint density at radius 2 is 1.83 bits per heavy atom. The number of benzene rings is 1. The highest BCUT2D eigenvalue weighted by molar-refractivity contribution is 6.32. The number of hydrogen-bond acceptors (Lipinski definition) is 4. The average Bonchev–Trinajstić information content (AvgIpc) is 2.37. The molecule has 1 aromatic carbocycles. The first-order valence-corrected chi connectivity index (χ1v) is 5.95. The molecule has 2 aromatic rings. The van der Waals surface area contributed by atoms with E-state index in [-0.39, 0.29) is 0 Å². The van der Waals surface area contributed by atoms with E-state index < -0.39 is 0 Å². The van der Waals surface area contributed by atoms with Gasteiger partial charge in [-0.3, -0.25) is 0 Å². The molecule has 2 N–H and O–H groups in total. The molecule has 0 unspecified atom stereocenters. The second-order valence-corrected chi connectivity index (χ2v) is 4.42. The molecule has 0 aliphatic heterocycles. The number of nitrogens with zero attached hydrogens (tertiary/aromatic N) is 2. The van der Waals surface area contributed by atoms with Crippen LogP contribution in [0.1, 0.15) is 16.8 Å². The second-order valence-electron chi connectivity index (χ2n) is 4.04. The van der Waals surface area contributed by atoms with E-state index in [1.165, 1.54) is 0 Å². The van der Waals surface area contributed by atoms with Crippen LogP contribution in [0.5, 0.6) is 11.6 Å². The van der Waals surface area contributed by atoms with E-state index in [0.717, 1.165) is 21.8 Å². The van der Waals surface area contributed by atoms with Crippen molar-refractivity contribution in [1.82, 2.24) is 10.2 Å². The summed E-state index contributed by atoms with van der Waals surface area (Å²) in [5.41, 5.74) is 8.12. The minimum atomic E-state index is 0.368. The highest BCUT2D eigenvalue weighted by Crippen LogP contribution is 2.28. The number of hydrogen-bond donors (Lipinski definition) is 1. The lowest BCUT2D eigenvalue weighted by Gasteiger charge is -2.08. The van der Waals surface area contributed by atoms with Gasteiger partial charge in [0.05, 0.1) is 5.69 Å². The SMILES string of the molecule is Cc1cc(Oc2ccc(CN)nn2)cc(C)c1Cl. The van der Waals surface area contributed by atoms with Crippen LogP contribution in [0.3, 0.4) is 0 Å². The molecule has 1 aromatic heterocycles. The third-order valence-electron chi connectivity index (χ3n) is 2.54. The molecule has 4 nitrogen and oxygen atoms in total. The van der Waals surface area contributed by atoms with Gasteiger partial charge >= 0.3 is 0 Å². The zero-order chi connectivity index (χ0) is 13.1. The summed E-state index contributed by atoms with van der Waals surface area (Å²) in [5.74, 6) is 1.14. The molecular formula is C13H14ClN3O. The van der Waals surface area contributed by atoms with Gasteiger partial charge in [0.25, 0.3) is 0 Å². The van der Waals surface area contributed by atoms with Gasteiger partial charge in [-0.15, -0.1) is 5.10 Å². The molecule has 0 spiro atoms.